The Morgan fingerprint density at radius 3 is 2.62 bits per heavy atom. The van der Waals surface area contributed by atoms with Crippen LogP contribution >= 0.6 is 0 Å². The number of methoxy groups -OCH3 is 1. The molecule has 4 rings (SSSR count). The first-order valence-corrected chi connectivity index (χ1v) is 11.1. The summed E-state index contributed by atoms with van der Waals surface area (Å²) in [5.41, 5.74) is 0.523. The van der Waals surface area contributed by atoms with Gasteiger partial charge in [-0.05, 0) is 31.9 Å². The SMILES string of the molecule is CCOc1cnc(-c2noc(C3CCN(C(=O)CNC(=O)c4ccccc4)CC3)n2)nc1OC. The Bertz CT molecular complexity index is 1130. The van der Waals surface area contributed by atoms with E-state index in [0.29, 0.717) is 55.6 Å². The van der Waals surface area contributed by atoms with E-state index in [-0.39, 0.29) is 35.9 Å². The van der Waals surface area contributed by atoms with Crippen molar-refractivity contribution in [2.45, 2.75) is 25.7 Å². The van der Waals surface area contributed by atoms with Gasteiger partial charge in [-0.2, -0.15) is 9.97 Å². The van der Waals surface area contributed by atoms with Gasteiger partial charge in [0.25, 0.3) is 11.8 Å². The molecule has 1 N–H and O–H groups in total. The van der Waals surface area contributed by atoms with E-state index in [1.807, 2.05) is 13.0 Å². The second-order valence-corrected chi connectivity index (χ2v) is 7.66. The molecule has 1 aliphatic heterocycles. The van der Waals surface area contributed by atoms with E-state index in [1.54, 1.807) is 29.2 Å². The normalized spacial score (nSPS) is 14.0. The highest BCUT2D eigenvalue weighted by atomic mass is 16.5. The van der Waals surface area contributed by atoms with Crippen LogP contribution in [0.5, 0.6) is 11.6 Å². The molecule has 0 spiro atoms. The van der Waals surface area contributed by atoms with Crippen LogP contribution in [0, 0.1) is 0 Å². The van der Waals surface area contributed by atoms with Crippen LogP contribution in [0.1, 0.15) is 41.9 Å². The Balaban J connectivity index is 1.31. The zero-order chi connectivity index (χ0) is 23.9. The largest absolute Gasteiger partial charge is 0.487 e. The average molecular weight is 466 g/mol. The van der Waals surface area contributed by atoms with Crippen LogP contribution < -0.4 is 14.8 Å². The van der Waals surface area contributed by atoms with Crippen molar-refractivity contribution in [1.82, 2.24) is 30.3 Å². The van der Waals surface area contributed by atoms with Crippen molar-refractivity contribution in [2.24, 2.45) is 0 Å². The molecule has 2 aromatic heterocycles. The lowest BCUT2D eigenvalue weighted by atomic mass is 9.97. The Hall–Kier alpha value is -4.02. The molecule has 3 heterocycles. The molecule has 1 aromatic carbocycles. The number of ether oxygens (including phenoxy) is 2. The predicted octanol–water partition coefficient (Wildman–Crippen LogP) is 2.07. The highest BCUT2D eigenvalue weighted by Crippen LogP contribution is 2.29. The lowest BCUT2D eigenvalue weighted by Gasteiger charge is -2.30. The molecule has 2 amide bonds. The summed E-state index contributed by atoms with van der Waals surface area (Å²) < 4.78 is 16.1. The highest BCUT2D eigenvalue weighted by molar-refractivity contribution is 5.96. The summed E-state index contributed by atoms with van der Waals surface area (Å²) in [6, 6.07) is 8.81. The van der Waals surface area contributed by atoms with E-state index < -0.39 is 0 Å². The number of amides is 2. The van der Waals surface area contributed by atoms with E-state index in [9.17, 15) is 9.59 Å². The summed E-state index contributed by atoms with van der Waals surface area (Å²) in [6.45, 7) is 3.36. The number of hydrogen-bond acceptors (Lipinski definition) is 9. The predicted molar refractivity (Wildman–Crippen MR) is 120 cm³/mol. The number of nitrogens with one attached hydrogen (secondary N) is 1. The molecule has 0 unspecified atom stereocenters. The molecule has 1 fully saturated rings. The Kier molecular flexibility index (Phi) is 7.31. The van der Waals surface area contributed by atoms with Gasteiger partial charge in [-0.15, -0.1) is 0 Å². The summed E-state index contributed by atoms with van der Waals surface area (Å²) in [5.74, 6) is 1.39. The number of rotatable bonds is 8. The van der Waals surface area contributed by atoms with Gasteiger partial charge in [-0.1, -0.05) is 23.4 Å². The fourth-order valence-corrected chi connectivity index (χ4v) is 3.69. The first kappa shape index (κ1) is 23.1. The van der Waals surface area contributed by atoms with E-state index in [1.165, 1.54) is 13.3 Å². The van der Waals surface area contributed by atoms with Crippen LogP contribution in [0.4, 0.5) is 0 Å². The number of piperidine rings is 1. The fourth-order valence-electron chi connectivity index (χ4n) is 3.69. The third-order valence-corrected chi connectivity index (χ3v) is 5.49. The molecule has 178 valence electrons. The molecule has 0 bridgehead atoms. The fraction of sp³-hybridized carbons (Fsp3) is 0.391. The molecule has 34 heavy (non-hydrogen) atoms. The lowest BCUT2D eigenvalue weighted by Crippen LogP contribution is -2.43. The second kappa shape index (κ2) is 10.7. The maximum absolute atomic E-state index is 12.5. The lowest BCUT2D eigenvalue weighted by molar-refractivity contribution is -0.131. The number of carbonyl (C=O) groups excluding carboxylic acids is 2. The van der Waals surface area contributed by atoms with Gasteiger partial charge in [0, 0.05) is 24.6 Å². The highest BCUT2D eigenvalue weighted by Gasteiger charge is 2.28. The van der Waals surface area contributed by atoms with Gasteiger partial charge >= 0.3 is 0 Å². The number of carbonyl (C=O) groups is 2. The van der Waals surface area contributed by atoms with Crippen molar-refractivity contribution >= 4 is 11.8 Å². The van der Waals surface area contributed by atoms with Crippen LogP contribution in [-0.2, 0) is 4.79 Å². The van der Waals surface area contributed by atoms with E-state index in [2.05, 4.69) is 25.4 Å². The van der Waals surface area contributed by atoms with Crippen molar-refractivity contribution in [2.75, 3.05) is 33.4 Å². The minimum Gasteiger partial charge on any atom is -0.487 e. The van der Waals surface area contributed by atoms with Crippen LogP contribution in [0.2, 0.25) is 0 Å². The second-order valence-electron chi connectivity index (χ2n) is 7.66. The summed E-state index contributed by atoms with van der Waals surface area (Å²) in [4.78, 5) is 39.4. The smallest absolute Gasteiger partial charge is 0.260 e. The molecule has 0 atom stereocenters. The zero-order valence-electron chi connectivity index (χ0n) is 19.1. The summed E-state index contributed by atoms with van der Waals surface area (Å²) in [7, 11) is 1.50. The van der Waals surface area contributed by atoms with Crippen molar-refractivity contribution in [3.8, 4) is 23.3 Å². The van der Waals surface area contributed by atoms with E-state index in [4.69, 9.17) is 14.0 Å². The minimum absolute atomic E-state index is 0.0220. The Morgan fingerprint density at radius 1 is 1.15 bits per heavy atom. The summed E-state index contributed by atoms with van der Waals surface area (Å²) in [5, 5.41) is 6.69. The number of hydrogen-bond donors (Lipinski definition) is 1. The maximum Gasteiger partial charge on any atom is 0.260 e. The van der Waals surface area contributed by atoms with Crippen molar-refractivity contribution < 1.29 is 23.6 Å². The van der Waals surface area contributed by atoms with Crippen molar-refractivity contribution in [1.29, 1.82) is 0 Å². The topological polar surface area (TPSA) is 133 Å². The molecule has 3 aromatic rings. The molecule has 11 heteroatoms. The monoisotopic (exact) mass is 466 g/mol. The summed E-state index contributed by atoms with van der Waals surface area (Å²) >= 11 is 0. The first-order chi connectivity index (χ1) is 16.6. The standard InChI is InChI=1S/C23H26N6O5/c1-3-33-17-13-24-19(26-23(17)32-2)20-27-22(34-28-20)16-9-11-29(12-10-16)18(30)14-25-21(31)15-7-5-4-6-8-15/h4-8,13,16H,3,9-12,14H2,1-2H3,(H,25,31). The number of benzene rings is 1. The molecular weight excluding hydrogens is 440 g/mol. The quantitative estimate of drug-likeness (QED) is 0.530. The van der Waals surface area contributed by atoms with Gasteiger partial charge in [-0.3, -0.25) is 9.59 Å². The van der Waals surface area contributed by atoms with Crippen molar-refractivity contribution in [3.63, 3.8) is 0 Å². The van der Waals surface area contributed by atoms with Gasteiger partial charge in [0.05, 0.1) is 26.5 Å². The van der Waals surface area contributed by atoms with Gasteiger partial charge in [0.15, 0.2) is 5.75 Å². The average Bonchev–Trinajstić information content (AvgIpc) is 3.38. The van der Waals surface area contributed by atoms with Gasteiger partial charge < -0.3 is 24.2 Å². The number of nitrogens with zero attached hydrogens (tertiary/aromatic N) is 5. The van der Waals surface area contributed by atoms with Gasteiger partial charge in [0.2, 0.25) is 23.4 Å². The molecule has 1 aliphatic rings. The molecule has 0 aliphatic carbocycles. The van der Waals surface area contributed by atoms with Gasteiger partial charge in [-0.25, -0.2) is 4.98 Å². The molecule has 0 saturated carbocycles. The number of aromatic nitrogens is 4. The Labute approximate surface area is 196 Å². The minimum atomic E-state index is -0.268. The van der Waals surface area contributed by atoms with Crippen LogP contribution in [0.25, 0.3) is 11.6 Å². The third-order valence-electron chi connectivity index (χ3n) is 5.49. The van der Waals surface area contributed by atoms with E-state index in [0.717, 1.165) is 0 Å². The number of likely N-dealkylation sites (tertiary alicyclic amines) is 1. The van der Waals surface area contributed by atoms with E-state index >= 15 is 0 Å². The maximum atomic E-state index is 12.5. The molecule has 1 saturated heterocycles. The zero-order valence-corrected chi connectivity index (χ0v) is 19.1. The van der Waals surface area contributed by atoms with Crippen LogP contribution in [0.15, 0.2) is 41.1 Å². The Morgan fingerprint density at radius 2 is 1.91 bits per heavy atom. The van der Waals surface area contributed by atoms with Gasteiger partial charge in [0.1, 0.15) is 0 Å². The molecule has 0 radical (unpaired) electrons. The van der Waals surface area contributed by atoms with Crippen LogP contribution in [-0.4, -0.2) is 70.2 Å². The molecule has 11 nitrogen and oxygen atoms in total. The van der Waals surface area contributed by atoms with Crippen molar-refractivity contribution in [3.05, 3.63) is 48.0 Å². The third kappa shape index (κ3) is 5.30. The first-order valence-electron chi connectivity index (χ1n) is 11.1. The van der Waals surface area contributed by atoms with Crippen LogP contribution in [0.3, 0.4) is 0 Å². The molecular formula is C23H26N6O5. The summed E-state index contributed by atoms with van der Waals surface area (Å²) in [6.07, 6.45) is 2.86.